The van der Waals surface area contributed by atoms with Crippen LogP contribution in [-0.4, -0.2) is 31.4 Å². The highest BCUT2D eigenvalue weighted by Crippen LogP contribution is 2.38. The molecule has 2 rings (SSSR count). The van der Waals surface area contributed by atoms with Crippen LogP contribution in [0.5, 0.6) is 0 Å². The van der Waals surface area contributed by atoms with Gasteiger partial charge in [-0.2, -0.15) is 0 Å². The van der Waals surface area contributed by atoms with Crippen LogP contribution in [0.1, 0.15) is 58.8 Å². The zero-order valence-corrected chi connectivity index (χ0v) is 12.5. The number of hydrogen-bond acceptors (Lipinski definition) is 3. The molecule has 2 aliphatic rings. The van der Waals surface area contributed by atoms with E-state index in [2.05, 4.69) is 25.2 Å². The lowest BCUT2D eigenvalue weighted by Crippen LogP contribution is -2.55. The van der Waals surface area contributed by atoms with Crippen molar-refractivity contribution in [3.63, 3.8) is 0 Å². The summed E-state index contributed by atoms with van der Waals surface area (Å²) in [5.41, 5.74) is -0.0433. The van der Waals surface area contributed by atoms with Crippen molar-refractivity contribution in [1.29, 1.82) is 0 Å². The molecule has 1 fully saturated rings. The van der Waals surface area contributed by atoms with Crippen LogP contribution in [0, 0.1) is 0 Å². The fourth-order valence-corrected chi connectivity index (χ4v) is 3.43. The van der Waals surface area contributed by atoms with Crippen molar-refractivity contribution in [1.82, 2.24) is 5.32 Å². The fraction of sp³-hybridized carbons (Fsp3) is 0.875. The molecular formula is C16H29NO2. The Morgan fingerprint density at radius 3 is 2.68 bits per heavy atom. The van der Waals surface area contributed by atoms with Gasteiger partial charge in [0.1, 0.15) is 5.76 Å². The molecule has 1 unspecified atom stereocenters. The summed E-state index contributed by atoms with van der Waals surface area (Å²) in [6.07, 6.45) is 10.6. The zero-order chi connectivity index (χ0) is 13.6. The van der Waals surface area contributed by atoms with Crippen LogP contribution < -0.4 is 5.32 Å². The van der Waals surface area contributed by atoms with E-state index in [-0.39, 0.29) is 11.6 Å². The van der Waals surface area contributed by atoms with Gasteiger partial charge in [-0.3, -0.25) is 0 Å². The SMILES string of the molecule is CCCNC(C1=CCCO1)C1(OCC)CCCCC1. The van der Waals surface area contributed by atoms with Crippen LogP contribution in [0.2, 0.25) is 0 Å². The van der Waals surface area contributed by atoms with Gasteiger partial charge in [-0.05, 0) is 38.8 Å². The van der Waals surface area contributed by atoms with Gasteiger partial charge in [-0.25, -0.2) is 0 Å². The molecule has 0 radical (unpaired) electrons. The highest BCUT2D eigenvalue weighted by Gasteiger charge is 2.43. The molecule has 1 aliphatic heterocycles. The second kappa shape index (κ2) is 7.30. The number of nitrogens with one attached hydrogen (secondary N) is 1. The maximum atomic E-state index is 6.26. The van der Waals surface area contributed by atoms with Gasteiger partial charge in [-0.1, -0.05) is 26.2 Å². The molecule has 1 saturated carbocycles. The van der Waals surface area contributed by atoms with Crippen LogP contribution in [0.3, 0.4) is 0 Å². The molecule has 0 aromatic heterocycles. The molecule has 3 nitrogen and oxygen atoms in total. The van der Waals surface area contributed by atoms with E-state index < -0.39 is 0 Å². The highest BCUT2D eigenvalue weighted by atomic mass is 16.5. The van der Waals surface area contributed by atoms with E-state index >= 15 is 0 Å². The van der Waals surface area contributed by atoms with Crippen molar-refractivity contribution < 1.29 is 9.47 Å². The van der Waals surface area contributed by atoms with E-state index in [0.29, 0.717) is 0 Å². The molecule has 0 bridgehead atoms. The van der Waals surface area contributed by atoms with E-state index in [1.54, 1.807) is 0 Å². The fourth-order valence-electron chi connectivity index (χ4n) is 3.43. The first-order chi connectivity index (χ1) is 9.32. The Bertz CT molecular complexity index is 290. The van der Waals surface area contributed by atoms with E-state index in [0.717, 1.165) is 51.2 Å². The molecule has 0 aromatic rings. The van der Waals surface area contributed by atoms with Crippen molar-refractivity contribution in [2.45, 2.75) is 70.4 Å². The normalized spacial score (nSPS) is 23.8. The Kier molecular flexibility index (Phi) is 5.71. The predicted octanol–water partition coefficient (Wildman–Crippen LogP) is 3.40. The van der Waals surface area contributed by atoms with Gasteiger partial charge >= 0.3 is 0 Å². The molecule has 1 N–H and O–H groups in total. The van der Waals surface area contributed by atoms with Crippen LogP contribution in [0.25, 0.3) is 0 Å². The monoisotopic (exact) mass is 267 g/mol. The molecule has 1 aliphatic carbocycles. The van der Waals surface area contributed by atoms with Gasteiger partial charge < -0.3 is 14.8 Å². The van der Waals surface area contributed by atoms with Gasteiger partial charge in [-0.15, -0.1) is 0 Å². The summed E-state index contributed by atoms with van der Waals surface area (Å²) in [5.74, 6) is 1.13. The topological polar surface area (TPSA) is 30.5 Å². The Hall–Kier alpha value is -0.540. The Morgan fingerprint density at radius 2 is 2.11 bits per heavy atom. The summed E-state index contributed by atoms with van der Waals surface area (Å²) < 4.78 is 12.1. The van der Waals surface area contributed by atoms with Gasteiger partial charge in [0, 0.05) is 13.0 Å². The zero-order valence-electron chi connectivity index (χ0n) is 12.5. The van der Waals surface area contributed by atoms with E-state index in [9.17, 15) is 0 Å². The standard InChI is InChI=1S/C16H29NO2/c1-3-12-17-15(14-9-8-13-18-14)16(19-4-2)10-6-5-7-11-16/h9,15,17H,3-8,10-13H2,1-2H3. The maximum absolute atomic E-state index is 6.26. The molecule has 0 amide bonds. The minimum Gasteiger partial charge on any atom is -0.496 e. The Morgan fingerprint density at radius 1 is 1.32 bits per heavy atom. The van der Waals surface area contributed by atoms with Crippen LogP contribution in [-0.2, 0) is 9.47 Å². The van der Waals surface area contributed by atoms with E-state index in [4.69, 9.17) is 9.47 Å². The van der Waals surface area contributed by atoms with Crippen molar-refractivity contribution in [3.8, 4) is 0 Å². The summed E-state index contributed by atoms with van der Waals surface area (Å²) in [6, 6.07) is 0.246. The van der Waals surface area contributed by atoms with Gasteiger partial charge in [0.05, 0.1) is 18.2 Å². The molecule has 1 heterocycles. The number of rotatable bonds is 7. The summed E-state index contributed by atoms with van der Waals surface area (Å²) in [5, 5.41) is 3.69. The van der Waals surface area contributed by atoms with Crippen molar-refractivity contribution >= 4 is 0 Å². The molecule has 19 heavy (non-hydrogen) atoms. The third kappa shape index (κ3) is 3.51. The van der Waals surface area contributed by atoms with E-state index in [1.807, 2.05) is 0 Å². The molecule has 0 spiro atoms. The second-order valence-corrected chi connectivity index (χ2v) is 5.69. The molecule has 3 heteroatoms. The number of ether oxygens (including phenoxy) is 2. The molecule has 110 valence electrons. The molecular weight excluding hydrogens is 238 g/mol. The van der Waals surface area contributed by atoms with Gasteiger partial charge in [0.15, 0.2) is 0 Å². The predicted molar refractivity (Wildman–Crippen MR) is 78.2 cm³/mol. The largest absolute Gasteiger partial charge is 0.496 e. The maximum Gasteiger partial charge on any atom is 0.112 e. The van der Waals surface area contributed by atoms with Crippen LogP contribution >= 0.6 is 0 Å². The highest BCUT2D eigenvalue weighted by molar-refractivity contribution is 5.15. The molecule has 0 saturated heterocycles. The van der Waals surface area contributed by atoms with Crippen LogP contribution in [0.4, 0.5) is 0 Å². The third-order valence-electron chi connectivity index (χ3n) is 4.27. The Balaban J connectivity index is 2.16. The second-order valence-electron chi connectivity index (χ2n) is 5.69. The average Bonchev–Trinajstić information content (AvgIpc) is 2.94. The summed E-state index contributed by atoms with van der Waals surface area (Å²) in [7, 11) is 0. The molecule has 1 atom stereocenters. The first kappa shape index (κ1) is 14.9. The quantitative estimate of drug-likeness (QED) is 0.767. The van der Waals surface area contributed by atoms with Crippen molar-refractivity contribution in [2.24, 2.45) is 0 Å². The van der Waals surface area contributed by atoms with Crippen molar-refractivity contribution in [2.75, 3.05) is 19.8 Å². The summed E-state index contributed by atoms with van der Waals surface area (Å²) in [4.78, 5) is 0. The smallest absolute Gasteiger partial charge is 0.112 e. The lowest BCUT2D eigenvalue weighted by molar-refractivity contribution is -0.0902. The summed E-state index contributed by atoms with van der Waals surface area (Å²) >= 11 is 0. The minimum absolute atomic E-state index is 0.0433. The lowest BCUT2D eigenvalue weighted by atomic mass is 9.78. The molecule has 0 aromatic carbocycles. The first-order valence-electron chi connectivity index (χ1n) is 8.02. The summed E-state index contributed by atoms with van der Waals surface area (Å²) in [6.45, 7) is 6.97. The van der Waals surface area contributed by atoms with Gasteiger partial charge in [0.2, 0.25) is 0 Å². The Labute approximate surface area is 117 Å². The first-order valence-corrected chi connectivity index (χ1v) is 8.02. The number of hydrogen-bond donors (Lipinski definition) is 1. The average molecular weight is 267 g/mol. The van der Waals surface area contributed by atoms with Crippen molar-refractivity contribution in [3.05, 3.63) is 11.8 Å². The van der Waals surface area contributed by atoms with Gasteiger partial charge in [0.25, 0.3) is 0 Å². The van der Waals surface area contributed by atoms with Crippen LogP contribution in [0.15, 0.2) is 11.8 Å². The lowest BCUT2D eigenvalue weighted by Gasteiger charge is -2.43. The third-order valence-corrected chi connectivity index (χ3v) is 4.27. The van der Waals surface area contributed by atoms with E-state index in [1.165, 1.54) is 19.3 Å². The minimum atomic E-state index is -0.0433.